The second kappa shape index (κ2) is 7.51. The Balaban J connectivity index is 1.30. The van der Waals surface area contributed by atoms with Crippen molar-refractivity contribution in [3.05, 3.63) is 42.0 Å². The highest BCUT2D eigenvalue weighted by molar-refractivity contribution is 7.99. The molecule has 0 unspecified atom stereocenters. The molecule has 2 aromatic carbocycles. The van der Waals surface area contributed by atoms with Crippen LogP contribution in [0.2, 0.25) is 0 Å². The fourth-order valence-electron chi connectivity index (χ4n) is 4.85. The number of β-lactam (4-membered cyclic amide) rings is 1. The van der Waals surface area contributed by atoms with Crippen molar-refractivity contribution in [2.75, 3.05) is 30.4 Å². The molecule has 1 N–H and O–H groups in total. The number of ether oxygens (including phenoxy) is 4. The molecule has 4 aliphatic rings. The van der Waals surface area contributed by atoms with E-state index < -0.39 is 5.54 Å². The Kier molecular flexibility index (Phi) is 4.60. The smallest absolute Gasteiger partial charge is 0.250 e. The molecule has 1 atom stereocenters. The zero-order valence-electron chi connectivity index (χ0n) is 17.3. The third-order valence-corrected chi connectivity index (χ3v) is 7.55. The van der Waals surface area contributed by atoms with Crippen molar-refractivity contribution in [3.63, 3.8) is 0 Å². The lowest BCUT2D eigenvalue weighted by Crippen LogP contribution is -2.66. The van der Waals surface area contributed by atoms with Crippen molar-refractivity contribution in [1.82, 2.24) is 4.90 Å². The number of likely N-dealkylation sites (tertiary alicyclic amines) is 1. The van der Waals surface area contributed by atoms with Gasteiger partial charge in [-0.3, -0.25) is 9.59 Å². The largest absolute Gasteiger partial charge is 0.454 e. The molecule has 32 heavy (non-hydrogen) atoms. The van der Waals surface area contributed by atoms with Crippen LogP contribution < -0.4 is 24.3 Å². The average molecular weight is 455 g/mol. The summed E-state index contributed by atoms with van der Waals surface area (Å²) in [5.41, 5.74) is 0.699. The summed E-state index contributed by atoms with van der Waals surface area (Å²) < 4.78 is 21.7. The van der Waals surface area contributed by atoms with Gasteiger partial charge < -0.3 is 29.2 Å². The Morgan fingerprint density at radius 1 is 0.938 bits per heavy atom. The van der Waals surface area contributed by atoms with Crippen LogP contribution in [0.25, 0.3) is 0 Å². The quantitative estimate of drug-likeness (QED) is 0.710. The Bertz CT molecular complexity index is 1100. The average Bonchev–Trinajstić information content (AvgIpc) is 3.46. The number of hydrogen-bond acceptors (Lipinski definition) is 7. The number of hydrogen-bond donors (Lipinski definition) is 1. The van der Waals surface area contributed by atoms with Crippen molar-refractivity contribution in [3.8, 4) is 23.0 Å². The first-order valence-electron chi connectivity index (χ1n) is 10.6. The van der Waals surface area contributed by atoms with E-state index in [0.29, 0.717) is 47.9 Å². The Hall–Kier alpha value is -3.07. The Morgan fingerprint density at radius 2 is 1.59 bits per heavy atom. The van der Waals surface area contributed by atoms with Crippen LogP contribution in [0.5, 0.6) is 23.0 Å². The maximum absolute atomic E-state index is 13.7. The van der Waals surface area contributed by atoms with Gasteiger partial charge >= 0.3 is 0 Å². The van der Waals surface area contributed by atoms with Gasteiger partial charge in [-0.15, -0.1) is 0 Å². The standard InChI is InChI=1S/C23H22N2O6S/c26-21-11-16(14-1-3-17-19(9-14)30-12-28-17)25(21)23(5-7-32-8-6-23)22(27)24-15-2-4-18-20(10-15)31-13-29-18/h1-4,9-10,16H,5-8,11-13H2,(H,24,27)/t16-/m1/s1. The molecule has 8 nitrogen and oxygen atoms in total. The van der Waals surface area contributed by atoms with E-state index in [-0.39, 0.29) is 31.4 Å². The normalized spacial score (nSPS) is 22.4. The number of anilines is 1. The van der Waals surface area contributed by atoms with Crippen molar-refractivity contribution in [2.24, 2.45) is 0 Å². The third-order valence-electron chi connectivity index (χ3n) is 6.56. The minimum absolute atomic E-state index is 0.000374. The SMILES string of the molecule is O=C1C[C@H](c2ccc3c(c2)OCO3)N1C1(C(=O)Nc2ccc3c(c2)OCO3)CCSCC1. The van der Waals surface area contributed by atoms with Gasteiger partial charge in [0.1, 0.15) is 5.54 Å². The van der Waals surface area contributed by atoms with E-state index in [2.05, 4.69) is 5.32 Å². The monoisotopic (exact) mass is 454 g/mol. The molecule has 0 radical (unpaired) electrons. The summed E-state index contributed by atoms with van der Waals surface area (Å²) in [5.74, 6) is 4.14. The first-order chi connectivity index (χ1) is 15.6. The summed E-state index contributed by atoms with van der Waals surface area (Å²) in [4.78, 5) is 28.4. The number of thioether (sulfide) groups is 1. The summed E-state index contributed by atoms with van der Waals surface area (Å²) in [6, 6.07) is 10.9. The van der Waals surface area contributed by atoms with E-state index in [0.717, 1.165) is 17.1 Å². The van der Waals surface area contributed by atoms with Gasteiger partial charge in [0.2, 0.25) is 25.4 Å². The van der Waals surface area contributed by atoms with Gasteiger partial charge in [0, 0.05) is 11.8 Å². The first-order valence-corrected chi connectivity index (χ1v) is 11.8. The summed E-state index contributed by atoms with van der Waals surface area (Å²) in [7, 11) is 0. The van der Waals surface area contributed by atoms with Gasteiger partial charge in [0.15, 0.2) is 23.0 Å². The molecule has 6 rings (SSSR count). The molecule has 9 heteroatoms. The molecular formula is C23H22N2O6S. The number of benzene rings is 2. The minimum Gasteiger partial charge on any atom is -0.454 e. The minimum atomic E-state index is -0.891. The predicted molar refractivity (Wildman–Crippen MR) is 117 cm³/mol. The molecule has 4 heterocycles. The summed E-state index contributed by atoms with van der Waals surface area (Å²) in [5, 5.41) is 3.04. The van der Waals surface area contributed by atoms with Crippen molar-refractivity contribution in [2.45, 2.75) is 30.8 Å². The topological polar surface area (TPSA) is 86.3 Å². The molecule has 2 aromatic rings. The summed E-state index contributed by atoms with van der Waals surface area (Å²) in [6.45, 7) is 0.374. The number of nitrogens with one attached hydrogen (secondary N) is 1. The summed E-state index contributed by atoms with van der Waals surface area (Å²) in [6.07, 6.45) is 1.60. The highest BCUT2D eigenvalue weighted by Crippen LogP contribution is 2.48. The van der Waals surface area contributed by atoms with E-state index in [9.17, 15) is 9.59 Å². The van der Waals surface area contributed by atoms with Gasteiger partial charge in [-0.05, 0) is 54.2 Å². The molecule has 2 saturated heterocycles. The van der Waals surface area contributed by atoms with Crippen LogP contribution in [0.15, 0.2) is 36.4 Å². The molecule has 4 aliphatic heterocycles. The fourth-order valence-corrected chi connectivity index (χ4v) is 6.02. The van der Waals surface area contributed by atoms with Crippen LogP contribution in [0.4, 0.5) is 5.69 Å². The van der Waals surface area contributed by atoms with E-state index in [4.69, 9.17) is 18.9 Å². The van der Waals surface area contributed by atoms with E-state index in [1.54, 1.807) is 23.1 Å². The number of rotatable bonds is 4. The van der Waals surface area contributed by atoms with Gasteiger partial charge in [0.25, 0.3) is 0 Å². The zero-order chi connectivity index (χ0) is 21.7. The fraction of sp³-hybridized carbons (Fsp3) is 0.391. The molecule has 2 fully saturated rings. The zero-order valence-corrected chi connectivity index (χ0v) is 18.1. The highest BCUT2D eigenvalue weighted by Gasteiger charge is 2.55. The first kappa shape index (κ1) is 19.6. The van der Waals surface area contributed by atoms with Gasteiger partial charge in [-0.25, -0.2) is 0 Å². The molecule has 0 spiro atoms. The molecule has 0 bridgehead atoms. The van der Waals surface area contributed by atoms with Crippen molar-refractivity contribution in [1.29, 1.82) is 0 Å². The third kappa shape index (κ3) is 3.06. The lowest BCUT2D eigenvalue weighted by molar-refractivity contribution is -0.164. The van der Waals surface area contributed by atoms with Crippen molar-refractivity contribution < 1.29 is 28.5 Å². The number of carbonyl (C=O) groups is 2. The lowest BCUT2D eigenvalue weighted by atomic mass is 9.80. The van der Waals surface area contributed by atoms with Gasteiger partial charge in [0.05, 0.1) is 12.5 Å². The number of fused-ring (bicyclic) bond motifs is 2. The second-order valence-corrected chi connectivity index (χ2v) is 9.49. The lowest BCUT2D eigenvalue weighted by Gasteiger charge is -2.53. The Morgan fingerprint density at radius 3 is 2.31 bits per heavy atom. The summed E-state index contributed by atoms with van der Waals surface area (Å²) >= 11 is 1.81. The number of carbonyl (C=O) groups excluding carboxylic acids is 2. The molecular weight excluding hydrogens is 432 g/mol. The van der Waals surface area contributed by atoms with Crippen LogP contribution in [0.1, 0.15) is 30.9 Å². The predicted octanol–water partition coefficient (Wildman–Crippen LogP) is 3.32. The Labute approximate surface area is 189 Å². The van der Waals surface area contributed by atoms with Crippen molar-refractivity contribution >= 4 is 29.3 Å². The van der Waals surface area contributed by atoms with Crippen LogP contribution in [-0.4, -0.2) is 47.3 Å². The molecule has 0 aliphatic carbocycles. The van der Waals surface area contributed by atoms with E-state index >= 15 is 0 Å². The molecule has 166 valence electrons. The second-order valence-electron chi connectivity index (χ2n) is 8.26. The van der Waals surface area contributed by atoms with Crippen LogP contribution in [-0.2, 0) is 9.59 Å². The number of amides is 2. The molecule has 2 amide bonds. The maximum atomic E-state index is 13.7. The number of nitrogens with zero attached hydrogens (tertiary/aromatic N) is 1. The van der Waals surface area contributed by atoms with Gasteiger partial charge in [-0.1, -0.05) is 6.07 Å². The van der Waals surface area contributed by atoms with Crippen LogP contribution in [0, 0.1) is 0 Å². The highest BCUT2D eigenvalue weighted by atomic mass is 32.2. The maximum Gasteiger partial charge on any atom is 0.250 e. The molecule has 0 aromatic heterocycles. The van der Waals surface area contributed by atoms with Crippen LogP contribution in [0.3, 0.4) is 0 Å². The molecule has 0 saturated carbocycles. The van der Waals surface area contributed by atoms with Crippen LogP contribution >= 0.6 is 11.8 Å². The van der Waals surface area contributed by atoms with E-state index in [1.807, 2.05) is 30.0 Å². The van der Waals surface area contributed by atoms with Gasteiger partial charge in [-0.2, -0.15) is 11.8 Å². The van der Waals surface area contributed by atoms with E-state index in [1.165, 1.54) is 0 Å².